The van der Waals surface area contributed by atoms with Crippen LogP contribution in [0.2, 0.25) is 5.15 Å². The van der Waals surface area contributed by atoms with Crippen LogP contribution in [-0.2, 0) is 18.3 Å². The summed E-state index contributed by atoms with van der Waals surface area (Å²) < 4.78 is 7.41. The van der Waals surface area contributed by atoms with E-state index in [0.29, 0.717) is 6.10 Å². The molecule has 1 aliphatic heterocycles. The number of likely N-dealkylation sites (tertiary alicyclic amines) is 1. The lowest BCUT2D eigenvalue weighted by Gasteiger charge is -2.31. The Morgan fingerprint density at radius 2 is 2.06 bits per heavy atom. The lowest BCUT2D eigenvalue weighted by atomic mass is 10.1. The quantitative estimate of drug-likeness (QED) is 0.842. The number of aromatic nitrogens is 2. The first-order chi connectivity index (χ1) is 8.61. The molecule has 1 fully saturated rings. The number of hydrogen-bond donors (Lipinski definition) is 0. The van der Waals surface area contributed by atoms with Gasteiger partial charge in [0, 0.05) is 38.9 Å². The van der Waals surface area contributed by atoms with E-state index >= 15 is 0 Å². The molecule has 5 heteroatoms. The van der Waals surface area contributed by atoms with E-state index in [0.717, 1.165) is 55.5 Å². The van der Waals surface area contributed by atoms with E-state index in [-0.39, 0.29) is 0 Å². The first-order valence-corrected chi connectivity index (χ1v) is 7.01. The summed E-state index contributed by atoms with van der Waals surface area (Å²) in [5, 5.41) is 5.12. The van der Waals surface area contributed by atoms with Crippen molar-refractivity contribution >= 4 is 11.6 Å². The molecule has 0 unspecified atom stereocenters. The predicted molar refractivity (Wildman–Crippen MR) is 72.9 cm³/mol. The number of nitrogens with zero attached hydrogens (tertiary/aromatic N) is 3. The van der Waals surface area contributed by atoms with E-state index in [1.807, 2.05) is 14.0 Å². The average Bonchev–Trinajstić information content (AvgIpc) is 2.59. The first kappa shape index (κ1) is 13.8. The Labute approximate surface area is 114 Å². The first-order valence-electron chi connectivity index (χ1n) is 6.63. The zero-order valence-corrected chi connectivity index (χ0v) is 12.2. The molecule has 102 valence electrons. The Hall–Kier alpha value is -0.580. The third-order valence-corrected chi connectivity index (χ3v) is 4.06. The molecule has 0 saturated carbocycles. The Balaban J connectivity index is 1.91. The van der Waals surface area contributed by atoms with Crippen molar-refractivity contribution in [2.75, 3.05) is 19.7 Å². The number of aryl methyl sites for hydroxylation is 2. The van der Waals surface area contributed by atoms with Gasteiger partial charge in [-0.25, -0.2) is 0 Å². The Bertz CT molecular complexity index is 397. The smallest absolute Gasteiger partial charge is 0.131 e. The third-order valence-electron chi connectivity index (χ3n) is 3.59. The molecule has 0 spiro atoms. The molecule has 0 radical (unpaired) electrons. The maximum atomic E-state index is 6.26. The highest BCUT2D eigenvalue weighted by Crippen LogP contribution is 2.23. The second-order valence-corrected chi connectivity index (χ2v) is 5.27. The molecule has 4 nitrogen and oxygen atoms in total. The van der Waals surface area contributed by atoms with Crippen molar-refractivity contribution in [3.63, 3.8) is 0 Å². The summed E-state index contributed by atoms with van der Waals surface area (Å²) in [5.74, 6) is 0. The monoisotopic (exact) mass is 271 g/mol. The molecular weight excluding hydrogens is 250 g/mol. The second-order valence-electron chi connectivity index (χ2n) is 4.91. The molecule has 1 aliphatic rings. The summed E-state index contributed by atoms with van der Waals surface area (Å²) >= 11 is 6.26. The van der Waals surface area contributed by atoms with Crippen LogP contribution in [0, 0.1) is 6.92 Å². The van der Waals surface area contributed by atoms with Crippen molar-refractivity contribution in [3.05, 3.63) is 16.4 Å². The third kappa shape index (κ3) is 3.05. The number of hydrogen-bond acceptors (Lipinski definition) is 3. The van der Waals surface area contributed by atoms with Crippen molar-refractivity contribution < 1.29 is 4.74 Å². The van der Waals surface area contributed by atoms with Crippen LogP contribution >= 0.6 is 11.6 Å². The zero-order chi connectivity index (χ0) is 13.1. The van der Waals surface area contributed by atoms with Crippen LogP contribution in [-0.4, -0.2) is 40.5 Å². The lowest BCUT2D eigenvalue weighted by Crippen LogP contribution is -2.36. The normalized spacial score (nSPS) is 18.4. The summed E-state index contributed by atoms with van der Waals surface area (Å²) in [4.78, 5) is 2.44. The van der Waals surface area contributed by atoms with Gasteiger partial charge in [-0.2, -0.15) is 5.10 Å². The van der Waals surface area contributed by atoms with Gasteiger partial charge in [0.2, 0.25) is 0 Å². The minimum atomic E-state index is 0.441. The Morgan fingerprint density at radius 1 is 1.39 bits per heavy atom. The molecule has 18 heavy (non-hydrogen) atoms. The molecule has 0 aliphatic carbocycles. The van der Waals surface area contributed by atoms with Crippen molar-refractivity contribution in [2.45, 2.75) is 39.3 Å². The zero-order valence-electron chi connectivity index (χ0n) is 11.4. The number of ether oxygens (including phenoxy) is 1. The highest BCUT2D eigenvalue weighted by atomic mass is 35.5. The van der Waals surface area contributed by atoms with Gasteiger partial charge in [-0.3, -0.25) is 9.58 Å². The SMILES string of the molecule is CCOC1CCN(Cc2c(C)nn(C)c2Cl)CC1. The van der Waals surface area contributed by atoms with Crippen molar-refractivity contribution in [2.24, 2.45) is 7.05 Å². The second kappa shape index (κ2) is 6.04. The Morgan fingerprint density at radius 3 is 2.56 bits per heavy atom. The summed E-state index contributed by atoms with van der Waals surface area (Å²) in [5.41, 5.74) is 2.20. The molecule has 2 heterocycles. The van der Waals surface area contributed by atoms with Gasteiger partial charge >= 0.3 is 0 Å². The molecule has 1 aromatic heterocycles. The number of halogens is 1. The van der Waals surface area contributed by atoms with E-state index in [1.165, 1.54) is 0 Å². The van der Waals surface area contributed by atoms with Crippen LogP contribution < -0.4 is 0 Å². The molecule has 0 bridgehead atoms. The van der Waals surface area contributed by atoms with E-state index in [1.54, 1.807) is 4.68 Å². The van der Waals surface area contributed by atoms with Crippen molar-refractivity contribution in [1.29, 1.82) is 0 Å². The van der Waals surface area contributed by atoms with E-state index < -0.39 is 0 Å². The van der Waals surface area contributed by atoms with E-state index in [2.05, 4.69) is 16.9 Å². The van der Waals surface area contributed by atoms with Crippen LogP contribution in [0.4, 0.5) is 0 Å². The molecule has 0 N–H and O–H groups in total. The molecule has 0 aromatic carbocycles. The summed E-state index contributed by atoms with van der Waals surface area (Å²) in [7, 11) is 1.89. The summed E-state index contributed by atoms with van der Waals surface area (Å²) in [6, 6.07) is 0. The topological polar surface area (TPSA) is 30.3 Å². The average molecular weight is 272 g/mol. The number of piperidine rings is 1. The lowest BCUT2D eigenvalue weighted by molar-refractivity contribution is 0.0125. The van der Waals surface area contributed by atoms with Gasteiger partial charge in [0.15, 0.2) is 0 Å². The highest BCUT2D eigenvalue weighted by molar-refractivity contribution is 6.30. The molecular formula is C13H22ClN3O. The van der Waals surface area contributed by atoms with Crippen LogP contribution in [0.15, 0.2) is 0 Å². The number of rotatable bonds is 4. The van der Waals surface area contributed by atoms with Gasteiger partial charge in [0.25, 0.3) is 0 Å². The van der Waals surface area contributed by atoms with Crippen molar-refractivity contribution in [3.8, 4) is 0 Å². The van der Waals surface area contributed by atoms with Gasteiger partial charge in [0.05, 0.1) is 11.8 Å². The van der Waals surface area contributed by atoms with Crippen LogP contribution in [0.25, 0.3) is 0 Å². The molecule has 0 amide bonds. The van der Waals surface area contributed by atoms with E-state index in [9.17, 15) is 0 Å². The minimum absolute atomic E-state index is 0.441. The maximum absolute atomic E-state index is 6.26. The fourth-order valence-electron chi connectivity index (χ4n) is 2.55. The molecule has 1 saturated heterocycles. The van der Waals surface area contributed by atoms with Gasteiger partial charge in [-0.1, -0.05) is 11.6 Å². The van der Waals surface area contributed by atoms with E-state index in [4.69, 9.17) is 16.3 Å². The fraction of sp³-hybridized carbons (Fsp3) is 0.769. The molecule has 0 atom stereocenters. The minimum Gasteiger partial charge on any atom is -0.378 e. The largest absolute Gasteiger partial charge is 0.378 e. The summed E-state index contributed by atoms with van der Waals surface area (Å²) in [6.45, 7) is 7.96. The summed E-state index contributed by atoms with van der Waals surface area (Å²) in [6.07, 6.45) is 2.67. The van der Waals surface area contributed by atoms with Gasteiger partial charge < -0.3 is 4.74 Å². The molecule has 2 rings (SSSR count). The van der Waals surface area contributed by atoms with Crippen molar-refractivity contribution in [1.82, 2.24) is 14.7 Å². The van der Waals surface area contributed by atoms with Crippen LogP contribution in [0.5, 0.6) is 0 Å². The predicted octanol–water partition coefficient (Wildman–Crippen LogP) is 2.38. The van der Waals surface area contributed by atoms with Gasteiger partial charge in [-0.15, -0.1) is 0 Å². The Kier molecular flexibility index (Phi) is 4.65. The molecule has 1 aromatic rings. The maximum Gasteiger partial charge on any atom is 0.131 e. The highest BCUT2D eigenvalue weighted by Gasteiger charge is 2.21. The van der Waals surface area contributed by atoms with Gasteiger partial charge in [-0.05, 0) is 26.7 Å². The van der Waals surface area contributed by atoms with Crippen LogP contribution in [0.3, 0.4) is 0 Å². The standard InChI is InChI=1S/C13H22ClN3O/c1-4-18-11-5-7-17(8-6-11)9-12-10(2)15-16(3)13(12)14/h11H,4-9H2,1-3H3. The fourth-order valence-corrected chi connectivity index (χ4v) is 2.78. The van der Waals surface area contributed by atoms with Gasteiger partial charge in [0.1, 0.15) is 5.15 Å². The van der Waals surface area contributed by atoms with Crippen LogP contribution in [0.1, 0.15) is 31.0 Å².